The van der Waals surface area contributed by atoms with Crippen LogP contribution in [-0.2, 0) is 0 Å². The zero-order valence-electron chi connectivity index (χ0n) is 15.9. The second-order valence-electron chi connectivity index (χ2n) is 6.49. The number of aromatic amines is 1. The number of aromatic nitrogens is 2. The van der Waals surface area contributed by atoms with Crippen LogP contribution in [0.4, 0.5) is 0 Å². The Morgan fingerprint density at radius 2 is 1.40 bits per heavy atom. The van der Waals surface area contributed by atoms with Crippen LogP contribution in [0.25, 0.3) is 22.4 Å². The van der Waals surface area contributed by atoms with Crippen LogP contribution < -0.4 is 11.0 Å². The third kappa shape index (κ3) is 4.07. The fourth-order valence-electron chi connectivity index (χ4n) is 3.12. The number of nitrogens with zero attached hydrogens (tertiary/aromatic N) is 2. The predicted octanol–water partition coefficient (Wildman–Crippen LogP) is 3.87. The van der Waals surface area contributed by atoms with Crippen molar-refractivity contribution in [1.82, 2.24) is 15.6 Å². The van der Waals surface area contributed by atoms with Gasteiger partial charge in [-0.25, -0.2) is 10.5 Å². The maximum Gasteiger partial charge on any atom is 0.277 e. The van der Waals surface area contributed by atoms with Crippen molar-refractivity contribution < 1.29 is 4.79 Å². The van der Waals surface area contributed by atoms with Crippen molar-refractivity contribution in [1.29, 1.82) is 0 Å². The molecule has 0 aliphatic rings. The SMILES string of the molecule is O=C(NN=Cc1ccccc1)c1c(-c2ccccc2)c(-c2ccccc2)n[nH]c1=O. The van der Waals surface area contributed by atoms with Crippen molar-refractivity contribution >= 4 is 12.1 Å². The summed E-state index contributed by atoms with van der Waals surface area (Å²) in [5, 5.41) is 10.7. The highest BCUT2D eigenvalue weighted by Gasteiger charge is 2.22. The summed E-state index contributed by atoms with van der Waals surface area (Å²) >= 11 is 0. The lowest BCUT2D eigenvalue weighted by Gasteiger charge is -2.12. The van der Waals surface area contributed by atoms with Gasteiger partial charge in [-0.05, 0) is 11.1 Å². The Balaban J connectivity index is 1.79. The lowest BCUT2D eigenvalue weighted by molar-refractivity contribution is 0.0954. The predicted molar refractivity (Wildman–Crippen MR) is 117 cm³/mol. The Bertz CT molecular complexity index is 1230. The highest BCUT2D eigenvalue weighted by molar-refractivity contribution is 6.03. The van der Waals surface area contributed by atoms with Gasteiger partial charge in [0.25, 0.3) is 11.5 Å². The molecule has 4 rings (SSSR count). The summed E-state index contributed by atoms with van der Waals surface area (Å²) in [6.07, 6.45) is 1.52. The van der Waals surface area contributed by atoms with Crippen molar-refractivity contribution in [3.63, 3.8) is 0 Å². The number of amides is 1. The average Bonchev–Trinajstić information content (AvgIpc) is 2.80. The molecule has 1 aromatic heterocycles. The molecule has 0 atom stereocenters. The summed E-state index contributed by atoms with van der Waals surface area (Å²) in [6, 6.07) is 28.0. The van der Waals surface area contributed by atoms with Gasteiger partial charge in [-0.15, -0.1) is 0 Å². The van der Waals surface area contributed by atoms with E-state index in [0.717, 1.165) is 11.1 Å². The number of hydrogen-bond acceptors (Lipinski definition) is 4. The van der Waals surface area contributed by atoms with Crippen molar-refractivity contribution in [2.24, 2.45) is 5.10 Å². The Morgan fingerprint density at radius 1 is 0.833 bits per heavy atom. The highest BCUT2D eigenvalue weighted by Crippen LogP contribution is 2.31. The van der Waals surface area contributed by atoms with E-state index in [-0.39, 0.29) is 5.56 Å². The lowest BCUT2D eigenvalue weighted by atomic mass is 9.95. The van der Waals surface area contributed by atoms with Gasteiger partial charge in [-0.1, -0.05) is 91.0 Å². The van der Waals surface area contributed by atoms with E-state index in [9.17, 15) is 9.59 Å². The number of carbonyl (C=O) groups excluding carboxylic acids is 1. The molecule has 146 valence electrons. The van der Waals surface area contributed by atoms with E-state index in [1.165, 1.54) is 6.21 Å². The molecule has 0 radical (unpaired) electrons. The highest BCUT2D eigenvalue weighted by atomic mass is 16.2. The molecule has 0 saturated carbocycles. The maximum absolute atomic E-state index is 13.0. The summed E-state index contributed by atoms with van der Waals surface area (Å²) in [4.78, 5) is 25.6. The number of rotatable bonds is 5. The first-order valence-corrected chi connectivity index (χ1v) is 9.36. The van der Waals surface area contributed by atoms with Crippen LogP contribution in [0, 0.1) is 0 Å². The van der Waals surface area contributed by atoms with E-state index in [1.807, 2.05) is 91.0 Å². The molecule has 6 nitrogen and oxygen atoms in total. The van der Waals surface area contributed by atoms with Gasteiger partial charge in [-0.3, -0.25) is 9.59 Å². The molecule has 0 bridgehead atoms. The molecule has 0 unspecified atom stereocenters. The molecule has 0 aliphatic heterocycles. The van der Waals surface area contributed by atoms with Crippen LogP contribution >= 0.6 is 0 Å². The van der Waals surface area contributed by atoms with E-state index < -0.39 is 11.5 Å². The molecule has 4 aromatic rings. The number of benzene rings is 3. The monoisotopic (exact) mass is 394 g/mol. The van der Waals surface area contributed by atoms with Gasteiger partial charge in [0, 0.05) is 11.1 Å². The summed E-state index contributed by atoms with van der Waals surface area (Å²) in [6.45, 7) is 0. The fourth-order valence-corrected chi connectivity index (χ4v) is 3.12. The molecule has 0 saturated heterocycles. The van der Waals surface area contributed by atoms with Gasteiger partial charge in [0.1, 0.15) is 5.56 Å². The first-order chi connectivity index (χ1) is 14.7. The number of H-pyrrole nitrogens is 1. The molecule has 3 aromatic carbocycles. The van der Waals surface area contributed by atoms with E-state index in [1.54, 1.807) is 0 Å². The molecular weight excluding hydrogens is 376 g/mol. The topological polar surface area (TPSA) is 87.2 Å². The molecule has 1 heterocycles. The first-order valence-electron chi connectivity index (χ1n) is 9.36. The van der Waals surface area contributed by atoms with E-state index >= 15 is 0 Å². The quantitative estimate of drug-likeness (QED) is 0.398. The third-order valence-electron chi connectivity index (χ3n) is 4.50. The lowest BCUT2D eigenvalue weighted by Crippen LogP contribution is -2.28. The van der Waals surface area contributed by atoms with Gasteiger partial charge in [0.05, 0.1) is 11.9 Å². The molecule has 0 spiro atoms. The Labute approximate surface area is 172 Å². The smallest absolute Gasteiger partial charge is 0.267 e. The van der Waals surface area contributed by atoms with E-state index in [0.29, 0.717) is 16.8 Å². The van der Waals surface area contributed by atoms with Crippen LogP contribution in [0.3, 0.4) is 0 Å². The summed E-state index contributed by atoms with van der Waals surface area (Å²) in [5.41, 5.74) is 5.13. The largest absolute Gasteiger partial charge is 0.277 e. The third-order valence-corrected chi connectivity index (χ3v) is 4.50. The molecular formula is C24H18N4O2. The minimum absolute atomic E-state index is 0.0414. The minimum Gasteiger partial charge on any atom is -0.267 e. The Hall–Kier alpha value is -4.32. The number of hydrogen-bond donors (Lipinski definition) is 2. The van der Waals surface area contributed by atoms with Crippen molar-refractivity contribution in [2.75, 3.05) is 0 Å². The molecule has 1 amide bonds. The van der Waals surface area contributed by atoms with Gasteiger partial charge in [0.2, 0.25) is 0 Å². The van der Waals surface area contributed by atoms with E-state index in [4.69, 9.17) is 0 Å². The van der Waals surface area contributed by atoms with E-state index in [2.05, 4.69) is 20.7 Å². The number of hydrazone groups is 1. The van der Waals surface area contributed by atoms with Crippen molar-refractivity contribution in [2.45, 2.75) is 0 Å². The second kappa shape index (κ2) is 8.79. The fraction of sp³-hybridized carbons (Fsp3) is 0. The van der Waals surface area contributed by atoms with Crippen LogP contribution in [0.1, 0.15) is 15.9 Å². The van der Waals surface area contributed by atoms with Gasteiger partial charge in [0.15, 0.2) is 0 Å². The summed E-state index contributed by atoms with van der Waals surface area (Å²) in [7, 11) is 0. The molecule has 30 heavy (non-hydrogen) atoms. The van der Waals surface area contributed by atoms with Crippen LogP contribution in [-0.4, -0.2) is 22.3 Å². The summed E-state index contributed by atoms with van der Waals surface area (Å²) < 4.78 is 0. The van der Waals surface area contributed by atoms with Gasteiger partial charge in [-0.2, -0.15) is 10.2 Å². The number of nitrogens with one attached hydrogen (secondary N) is 2. The van der Waals surface area contributed by atoms with Crippen LogP contribution in [0.5, 0.6) is 0 Å². The van der Waals surface area contributed by atoms with Crippen molar-refractivity contribution in [3.8, 4) is 22.4 Å². The van der Waals surface area contributed by atoms with Gasteiger partial charge < -0.3 is 0 Å². The molecule has 6 heteroatoms. The Morgan fingerprint density at radius 3 is 2.03 bits per heavy atom. The maximum atomic E-state index is 13.0. The molecule has 0 aliphatic carbocycles. The first kappa shape index (κ1) is 19.0. The normalized spacial score (nSPS) is 10.8. The van der Waals surface area contributed by atoms with Crippen LogP contribution in [0.2, 0.25) is 0 Å². The minimum atomic E-state index is -0.609. The molecule has 2 N–H and O–H groups in total. The van der Waals surface area contributed by atoms with Gasteiger partial charge >= 0.3 is 0 Å². The Kier molecular flexibility index (Phi) is 5.57. The zero-order valence-corrected chi connectivity index (χ0v) is 15.9. The standard InChI is InChI=1S/C24H18N4O2/c29-23(27-25-16-17-10-4-1-5-11-17)21-20(18-12-6-2-7-13-18)22(26-28-24(21)30)19-14-8-3-9-15-19/h1-16H,(H,27,29)(H,28,30). The molecule has 0 fully saturated rings. The zero-order chi connectivity index (χ0) is 20.8. The van der Waals surface area contributed by atoms with Crippen molar-refractivity contribution in [3.05, 3.63) is 112 Å². The number of carbonyl (C=O) groups is 1. The summed E-state index contributed by atoms with van der Waals surface area (Å²) in [5.74, 6) is -0.609. The van der Waals surface area contributed by atoms with Crippen LogP contribution in [0.15, 0.2) is 101 Å². The average molecular weight is 394 g/mol. The second-order valence-corrected chi connectivity index (χ2v) is 6.49.